The minimum absolute atomic E-state index is 0.0385. The molecule has 0 saturated heterocycles. The van der Waals surface area contributed by atoms with Crippen molar-refractivity contribution in [3.05, 3.63) is 63.8 Å². The zero-order valence-electron chi connectivity index (χ0n) is 18.2. The van der Waals surface area contributed by atoms with Gasteiger partial charge in [0.05, 0.1) is 6.04 Å². The molecule has 1 saturated carbocycles. The molecule has 1 aromatic heterocycles. The first-order valence-electron chi connectivity index (χ1n) is 11.2. The molecule has 1 aliphatic heterocycles. The fourth-order valence-corrected chi connectivity index (χ4v) is 5.71. The Morgan fingerprint density at radius 1 is 1.22 bits per heavy atom. The molecule has 0 N–H and O–H groups in total. The van der Waals surface area contributed by atoms with Crippen LogP contribution in [0.2, 0.25) is 5.02 Å². The second-order valence-corrected chi connectivity index (χ2v) is 9.84. The first kappa shape index (κ1) is 22.9. The summed E-state index contributed by atoms with van der Waals surface area (Å²) in [6.07, 6.45) is 6.54. The fraction of sp³-hybridized carbons (Fsp3) is 0.440. The normalized spacial score (nSPS) is 18.3. The number of thiophene rings is 1. The highest BCUT2D eigenvalue weighted by Gasteiger charge is 2.34. The number of nitrogens with zero attached hydrogens (tertiary/aromatic N) is 2. The molecule has 4 rings (SSSR count). The SMILES string of the molecule is C=CCN(CC(=O)N1CCc2sccc2[C@@H]1COc1ccc(Cl)cc1)C(=O)C1CCCC1. The lowest BCUT2D eigenvalue weighted by molar-refractivity contribution is -0.144. The second-order valence-electron chi connectivity index (χ2n) is 8.41. The summed E-state index contributed by atoms with van der Waals surface area (Å²) < 4.78 is 6.04. The van der Waals surface area contributed by atoms with Crippen molar-refractivity contribution in [3.63, 3.8) is 0 Å². The van der Waals surface area contributed by atoms with Gasteiger partial charge in [0.1, 0.15) is 18.9 Å². The molecule has 0 spiro atoms. The topological polar surface area (TPSA) is 49.9 Å². The van der Waals surface area contributed by atoms with Crippen molar-refractivity contribution in [3.8, 4) is 5.75 Å². The molecule has 32 heavy (non-hydrogen) atoms. The highest BCUT2D eigenvalue weighted by Crippen LogP contribution is 2.34. The van der Waals surface area contributed by atoms with Crippen molar-refractivity contribution in [2.45, 2.75) is 38.1 Å². The Morgan fingerprint density at radius 2 is 1.97 bits per heavy atom. The molecule has 7 heteroatoms. The Balaban J connectivity index is 1.48. The number of hydrogen-bond donors (Lipinski definition) is 0. The molecule has 170 valence electrons. The molecule has 0 bridgehead atoms. The molecule has 1 aliphatic carbocycles. The van der Waals surface area contributed by atoms with E-state index in [1.54, 1.807) is 34.4 Å². The van der Waals surface area contributed by atoms with Gasteiger partial charge in [0.2, 0.25) is 11.8 Å². The molecule has 2 amide bonds. The minimum atomic E-state index is -0.180. The van der Waals surface area contributed by atoms with E-state index in [0.717, 1.165) is 37.7 Å². The number of benzene rings is 1. The molecule has 1 atom stereocenters. The summed E-state index contributed by atoms with van der Waals surface area (Å²) >= 11 is 7.70. The quantitative estimate of drug-likeness (QED) is 0.501. The van der Waals surface area contributed by atoms with E-state index in [9.17, 15) is 9.59 Å². The summed E-state index contributed by atoms with van der Waals surface area (Å²) in [6.45, 7) is 5.25. The van der Waals surface area contributed by atoms with Gasteiger partial charge < -0.3 is 14.5 Å². The van der Waals surface area contributed by atoms with Crippen LogP contribution in [0.1, 0.15) is 42.2 Å². The van der Waals surface area contributed by atoms with E-state index < -0.39 is 0 Å². The third-order valence-electron chi connectivity index (χ3n) is 6.33. The fourth-order valence-electron chi connectivity index (χ4n) is 4.65. The average Bonchev–Trinajstić information content (AvgIpc) is 3.50. The maximum absolute atomic E-state index is 13.4. The highest BCUT2D eigenvalue weighted by atomic mass is 35.5. The van der Waals surface area contributed by atoms with Crippen LogP contribution in [-0.2, 0) is 16.0 Å². The summed E-state index contributed by atoms with van der Waals surface area (Å²) in [5, 5.41) is 2.72. The monoisotopic (exact) mass is 472 g/mol. The molecule has 2 heterocycles. The van der Waals surface area contributed by atoms with Gasteiger partial charge in [-0.05, 0) is 60.5 Å². The highest BCUT2D eigenvalue weighted by molar-refractivity contribution is 7.10. The minimum Gasteiger partial charge on any atom is -0.491 e. The zero-order valence-corrected chi connectivity index (χ0v) is 19.7. The van der Waals surface area contributed by atoms with Gasteiger partial charge in [-0.15, -0.1) is 17.9 Å². The van der Waals surface area contributed by atoms with Gasteiger partial charge in [-0.3, -0.25) is 9.59 Å². The summed E-state index contributed by atoms with van der Waals surface area (Å²) in [5.74, 6) is 0.795. The Kier molecular flexibility index (Phi) is 7.53. The van der Waals surface area contributed by atoms with Gasteiger partial charge in [-0.1, -0.05) is 30.5 Å². The summed E-state index contributed by atoms with van der Waals surface area (Å²) in [7, 11) is 0. The zero-order chi connectivity index (χ0) is 22.5. The Labute approximate surface area is 198 Å². The largest absolute Gasteiger partial charge is 0.491 e. The lowest BCUT2D eigenvalue weighted by Gasteiger charge is -2.37. The summed E-state index contributed by atoms with van der Waals surface area (Å²) in [5.41, 5.74) is 1.14. The van der Waals surface area contributed by atoms with E-state index in [0.29, 0.717) is 30.5 Å². The summed E-state index contributed by atoms with van der Waals surface area (Å²) in [6, 6.07) is 9.15. The van der Waals surface area contributed by atoms with E-state index >= 15 is 0 Å². The maximum atomic E-state index is 13.4. The van der Waals surface area contributed by atoms with Crippen molar-refractivity contribution < 1.29 is 14.3 Å². The third-order valence-corrected chi connectivity index (χ3v) is 7.58. The number of halogens is 1. The Hall–Kier alpha value is -2.31. The van der Waals surface area contributed by atoms with Gasteiger partial charge in [-0.2, -0.15) is 0 Å². The summed E-state index contributed by atoms with van der Waals surface area (Å²) in [4.78, 5) is 31.3. The van der Waals surface area contributed by atoms with Gasteiger partial charge >= 0.3 is 0 Å². The maximum Gasteiger partial charge on any atom is 0.242 e. The van der Waals surface area contributed by atoms with E-state index in [1.165, 1.54) is 4.88 Å². The van der Waals surface area contributed by atoms with Crippen LogP contribution in [0.15, 0.2) is 48.4 Å². The third kappa shape index (κ3) is 5.18. The van der Waals surface area contributed by atoms with E-state index in [-0.39, 0.29) is 30.3 Å². The van der Waals surface area contributed by atoms with E-state index in [4.69, 9.17) is 16.3 Å². The van der Waals surface area contributed by atoms with Crippen LogP contribution in [0.3, 0.4) is 0 Å². The van der Waals surface area contributed by atoms with Crippen LogP contribution in [0.4, 0.5) is 0 Å². The number of rotatable bonds is 8. The lowest BCUT2D eigenvalue weighted by atomic mass is 10.00. The molecule has 5 nitrogen and oxygen atoms in total. The molecule has 2 aromatic rings. The van der Waals surface area contributed by atoms with Crippen LogP contribution in [0.5, 0.6) is 5.75 Å². The van der Waals surface area contributed by atoms with Gasteiger partial charge in [-0.25, -0.2) is 0 Å². The lowest BCUT2D eigenvalue weighted by Crippen LogP contribution is -2.48. The van der Waals surface area contributed by atoms with Crippen molar-refractivity contribution in [2.24, 2.45) is 5.92 Å². The number of carbonyl (C=O) groups excluding carboxylic acids is 2. The number of amides is 2. The van der Waals surface area contributed by atoms with Crippen molar-refractivity contribution in [1.82, 2.24) is 9.80 Å². The number of ether oxygens (including phenoxy) is 1. The van der Waals surface area contributed by atoms with Crippen molar-refractivity contribution in [2.75, 3.05) is 26.2 Å². The van der Waals surface area contributed by atoms with Crippen molar-refractivity contribution >= 4 is 34.8 Å². The van der Waals surface area contributed by atoms with E-state index in [1.807, 2.05) is 17.0 Å². The molecule has 2 aliphatic rings. The predicted molar refractivity (Wildman–Crippen MR) is 128 cm³/mol. The van der Waals surface area contributed by atoms with Crippen LogP contribution >= 0.6 is 22.9 Å². The molecule has 0 unspecified atom stereocenters. The van der Waals surface area contributed by atoms with Crippen LogP contribution in [-0.4, -0.2) is 47.9 Å². The Morgan fingerprint density at radius 3 is 2.69 bits per heavy atom. The van der Waals surface area contributed by atoms with Crippen molar-refractivity contribution in [1.29, 1.82) is 0 Å². The van der Waals surface area contributed by atoms with Crippen LogP contribution < -0.4 is 4.74 Å². The van der Waals surface area contributed by atoms with Gasteiger partial charge in [0, 0.05) is 28.9 Å². The number of carbonyl (C=O) groups is 2. The average molecular weight is 473 g/mol. The number of fused-ring (bicyclic) bond motifs is 1. The van der Waals surface area contributed by atoms with Crippen LogP contribution in [0, 0.1) is 5.92 Å². The van der Waals surface area contributed by atoms with Crippen LogP contribution in [0.25, 0.3) is 0 Å². The van der Waals surface area contributed by atoms with E-state index in [2.05, 4.69) is 18.0 Å². The Bertz CT molecular complexity index is 952. The molecule has 0 radical (unpaired) electrons. The predicted octanol–water partition coefficient (Wildman–Crippen LogP) is 5.11. The van der Waals surface area contributed by atoms with Gasteiger partial charge in [0.25, 0.3) is 0 Å². The number of hydrogen-bond acceptors (Lipinski definition) is 4. The first-order valence-corrected chi connectivity index (χ1v) is 12.5. The standard InChI is InChI=1S/C25H29ClN2O3S/c1-2-13-27(25(30)18-5-3-4-6-18)16-24(29)28-14-11-23-21(12-15-32-23)22(28)17-31-20-9-7-19(26)8-10-20/h2,7-10,12,15,18,22H,1,3-6,11,13-14,16-17H2/t22-/m0/s1. The molecular formula is C25H29ClN2O3S. The first-order chi connectivity index (χ1) is 15.6. The molecular weight excluding hydrogens is 444 g/mol. The molecule has 1 fully saturated rings. The van der Waals surface area contributed by atoms with Gasteiger partial charge in [0.15, 0.2) is 0 Å². The smallest absolute Gasteiger partial charge is 0.242 e. The second kappa shape index (κ2) is 10.5. The molecule has 1 aromatic carbocycles.